The first kappa shape index (κ1) is 1.20. The number of hydrogen-bond acceptors (Lipinski definition) is 2. The lowest BCUT2D eigenvalue weighted by Gasteiger charge is -2.12. The molecule has 0 saturated heterocycles. The van der Waals surface area contributed by atoms with Gasteiger partial charge in [-0.05, 0) is 13.8 Å². The van der Waals surface area contributed by atoms with Gasteiger partial charge >= 0.3 is 0 Å². The molecule has 3 N–H and O–H groups in total. The Hall–Kier alpha value is -0.0800. The molecule has 0 aliphatic carbocycles. The lowest BCUT2D eigenvalue weighted by atomic mass is 10.1. The molecule has 0 aromatic rings. The summed E-state index contributed by atoms with van der Waals surface area (Å²) >= 11 is 0. The molecule has 0 aliphatic heterocycles. The van der Waals surface area contributed by atoms with Gasteiger partial charge < -0.3 is 10.8 Å². The molecule has 0 fully saturated rings. The Morgan fingerprint density at radius 3 is 3.33 bits per heavy atom. The van der Waals surface area contributed by atoms with Crippen LogP contribution < -0.4 is 5.73 Å². The number of rotatable bonds is 2. The van der Waals surface area contributed by atoms with Crippen molar-refractivity contribution in [2.24, 2.45) is 5.73 Å². The van der Waals surface area contributed by atoms with Gasteiger partial charge in [-0.3, -0.25) is 0 Å². The summed E-state index contributed by atoms with van der Waals surface area (Å²) in [4.78, 5) is 0. The van der Waals surface area contributed by atoms with Crippen molar-refractivity contribution >= 4 is 0 Å². The molecule has 0 aliphatic rings. The van der Waals surface area contributed by atoms with Crippen LogP contribution >= 0.6 is 0 Å². The second-order valence-corrected chi connectivity index (χ2v) is 1.30. The fourth-order valence-electron chi connectivity index (χ4n) is 0. The summed E-state index contributed by atoms with van der Waals surface area (Å²) in [7, 11) is 0. The summed E-state index contributed by atoms with van der Waals surface area (Å²) in [6.07, 6.45) is 0. The van der Waals surface area contributed by atoms with E-state index in [1.54, 1.807) is 0 Å². The maximum absolute atomic E-state index is 7.01. The monoisotopic (exact) mass is 95.1 g/mol. The Morgan fingerprint density at radius 2 is 3.17 bits per heavy atom. The quantitative estimate of drug-likeness (QED) is 0.495. The van der Waals surface area contributed by atoms with Gasteiger partial charge in [0.05, 0.1) is 9.30 Å². The molecule has 0 aromatic heterocycles. The lowest BCUT2D eigenvalue weighted by Crippen LogP contribution is -2.35. The average Bonchev–Trinajstić information content (AvgIpc) is 1.85. The van der Waals surface area contributed by atoms with Gasteiger partial charge in [0, 0.05) is 9.65 Å². The van der Waals surface area contributed by atoms with Gasteiger partial charge in [0.15, 0.2) is 0 Å². The van der Waals surface area contributed by atoms with Crippen molar-refractivity contribution in [1.29, 1.82) is 1.43 Å². The summed E-state index contributed by atoms with van der Waals surface area (Å²) in [6, 6.07) is 0. The van der Waals surface area contributed by atoms with Gasteiger partial charge in [-0.2, -0.15) is 0 Å². The Labute approximate surface area is 46.5 Å². The second-order valence-electron chi connectivity index (χ2n) is 1.30. The van der Waals surface area contributed by atoms with E-state index >= 15 is 0 Å². The van der Waals surface area contributed by atoms with E-state index in [2.05, 4.69) is 5.11 Å². The summed E-state index contributed by atoms with van der Waals surface area (Å²) in [5.41, 5.74) is 3.01. The Balaban J connectivity index is 4.85. The van der Waals surface area contributed by atoms with E-state index in [-0.39, 0.29) is 0 Å². The van der Waals surface area contributed by atoms with Crippen LogP contribution in [0.4, 0.5) is 0 Å². The summed E-state index contributed by atoms with van der Waals surface area (Å²) < 4.78 is 41.0. The van der Waals surface area contributed by atoms with E-state index in [0.717, 1.165) is 6.92 Å². The van der Waals surface area contributed by atoms with E-state index in [1.807, 2.05) is 0 Å². The normalized spacial score (nSPS) is 39.0. The predicted molar refractivity (Wildman–Crippen MR) is 25.4 cm³/mol. The number of hydrogen-bond donors (Lipinski definition) is 2. The van der Waals surface area contributed by atoms with Crippen LogP contribution in [0.2, 0.25) is 0 Å². The van der Waals surface area contributed by atoms with Crippen LogP contribution in [0.25, 0.3) is 0 Å². The van der Waals surface area contributed by atoms with Gasteiger partial charge in [-0.25, -0.2) is 0 Å². The zero-order chi connectivity index (χ0) is 10.2. The first-order chi connectivity index (χ1) is 5.06. The van der Waals surface area contributed by atoms with Crippen LogP contribution in [-0.4, -0.2) is 18.6 Å². The van der Waals surface area contributed by atoms with Gasteiger partial charge in [-0.1, -0.05) is 0 Å². The Kier molecular flexibility index (Phi) is 0.316. The predicted octanol–water partition coefficient (Wildman–Crippen LogP) is -0.284. The van der Waals surface area contributed by atoms with Gasteiger partial charge in [-0.15, -0.1) is 0 Å². The minimum absolute atomic E-state index is 0.981. The van der Waals surface area contributed by atoms with Crippen LogP contribution in [0.3, 0.4) is 0 Å². The third-order valence-electron chi connectivity index (χ3n) is 0.212. The zero-order valence-corrected chi connectivity index (χ0v) is 3.49. The first-order valence-electron chi connectivity index (χ1n) is 4.40. The molecule has 0 bridgehead atoms. The van der Waals surface area contributed by atoms with Crippen molar-refractivity contribution < 1.29 is 12.0 Å². The molecule has 2 heteroatoms. The zero-order valence-electron chi connectivity index (χ0n) is 9.49. The average molecular weight is 95.2 g/mol. The molecule has 0 saturated carbocycles. The highest BCUT2D eigenvalue weighted by atomic mass is 16.3. The summed E-state index contributed by atoms with van der Waals surface area (Å²) in [6.45, 7) is -4.43. The lowest BCUT2D eigenvalue weighted by molar-refractivity contribution is 0.221. The van der Waals surface area contributed by atoms with Gasteiger partial charge in [0.25, 0.3) is 0 Å². The van der Waals surface area contributed by atoms with Crippen molar-refractivity contribution in [3.63, 3.8) is 0 Å². The molecule has 0 heterocycles. The van der Waals surface area contributed by atoms with Crippen LogP contribution in [0, 0.1) is 0 Å². The fraction of sp³-hybridized carbons (Fsp3) is 1.00. The molecule has 38 valence electrons. The molecule has 6 heavy (non-hydrogen) atoms. The molecule has 0 radical (unpaired) electrons. The summed E-state index contributed by atoms with van der Waals surface area (Å²) in [5.74, 6) is 0. The minimum atomic E-state index is -2.71. The van der Waals surface area contributed by atoms with Crippen molar-refractivity contribution in [3.8, 4) is 0 Å². The topological polar surface area (TPSA) is 46.2 Å². The molecule has 1 unspecified atom stereocenters. The van der Waals surface area contributed by atoms with Gasteiger partial charge in [0.2, 0.25) is 1.43 Å². The van der Waals surface area contributed by atoms with Gasteiger partial charge in [0.1, 0.15) is 0 Å². The second kappa shape index (κ2) is 1.58. The molecule has 2 nitrogen and oxygen atoms in total. The van der Waals surface area contributed by atoms with Crippen LogP contribution in [0.5, 0.6) is 0 Å². The maximum Gasteiger partial charge on any atom is 0.210 e. The number of aliphatic hydroxyl groups is 1. The molecule has 0 aromatic carbocycles. The Bertz CT molecular complexity index is 163. The third-order valence-corrected chi connectivity index (χ3v) is 0.212. The van der Waals surface area contributed by atoms with E-state index in [1.165, 1.54) is 0 Å². The summed E-state index contributed by atoms with van der Waals surface area (Å²) in [5, 5.41) is 3.63. The smallest absolute Gasteiger partial charge is 0.210 e. The minimum Gasteiger partial charge on any atom is -0.394 e. The molecule has 0 amide bonds. The molecule has 1 atom stereocenters. The van der Waals surface area contributed by atoms with Crippen molar-refractivity contribution in [2.45, 2.75) is 19.3 Å². The highest BCUT2D eigenvalue weighted by Gasteiger charge is 2.05. The maximum atomic E-state index is 7.01. The van der Waals surface area contributed by atoms with Crippen LogP contribution in [-0.2, 0) is 0 Å². The van der Waals surface area contributed by atoms with E-state index in [9.17, 15) is 0 Å². The molecular weight excluding hydrogens is 78.0 g/mol. The molecule has 0 spiro atoms. The largest absolute Gasteiger partial charge is 0.394 e. The first-order valence-corrected chi connectivity index (χ1v) is 1.49. The van der Waals surface area contributed by atoms with Crippen LogP contribution in [0.1, 0.15) is 20.6 Å². The van der Waals surface area contributed by atoms with Crippen molar-refractivity contribution in [3.05, 3.63) is 0 Å². The highest BCUT2D eigenvalue weighted by Crippen LogP contribution is 1.89. The number of nitrogens with two attached hydrogens (primary N) is 1. The standard InChI is InChI=1S/C4H11NO/c1-4(2,5)3-6/h6H,3,5H2,1-2H3/i1D3,3D2,6D. The molecule has 0 rings (SSSR count). The SMILES string of the molecule is [2H]OC([2H])([2H])C(C)(N)C([2H])([2H])[2H]. The van der Waals surface area contributed by atoms with Crippen molar-refractivity contribution in [2.75, 3.05) is 6.56 Å². The Morgan fingerprint density at radius 1 is 2.50 bits per heavy atom. The molecular formula is C4H11NO. The van der Waals surface area contributed by atoms with Crippen LogP contribution in [0.15, 0.2) is 0 Å². The van der Waals surface area contributed by atoms with E-state index in [4.69, 9.17) is 14.0 Å². The third kappa shape index (κ3) is 3.92. The van der Waals surface area contributed by atoms with Crippen molar-refractivity contribution in [1.82, 2.24) is 0 Å². The fourth-order valence-corrected chi connectivity index (χ4v) is 0. The van der Waals surface area contributed by atoms with E-state index in [0.29, 0.717) is 0 Å². The van der Waals surface area contributed by atoms with E-state index < -0.39 is 18.9 Å². The highest BCUT2D eigenvalue weighted by molar-refractivity contribution is 4.67.